The Kier molecular flexibility index (Phi) is 28.6. The van der Waals surface area contributed by atoms with E-state index in [0.717, 1.165) is 83.5 Å². The van der Waals surface area contributed by atoms with Gasteiger partial charge in [-0.25, -0.2) is 4.57 Å². The summed E-state index contributed by atoms with van der Waals surface area (Å²) in [6.07, 6.45) is 28.0. The van der Waals surface area contributed by atoms with E-state index in [9.17, 15) is 19.0 Å². The number of hydrogen-bond acceptors (Lipinski definition) is 7. The van der Waals surface area contributed by atoms with Gasteiger partial charge in [0.05, 0.1) is 27.7 Å². The zero-order chi connectivity index (χ0) is 34.4. The molecule has 9 nitrogen and oxygen atoms in total. The van der Waals surface area contributed by atoms with Gasteiger partial charge in [0.15, 0.2) is 6.10 Å². The van der Waals surface area contributed by atoms with Crippen LogP contribution in [0.1, 0.15) is 142 Å². The summed E-state index contributed by atoms with van der Waals surface area (Å²) in [5, 5.41) is 0. The number of unbranched alkanes of at least 4 members (excludes halogenated alkanes) is 14. The molecule has 0 rings (SSSR count). The second-order valence-corrected chi connectivity index (χ2v) is 14.7. The number of phosphoric acid groups is 1. The van der Waals surface area contributed by atoms with Crippen molar-refractivity contribution in [3.63, 3.8) is 0 Å². The third-order valence-electron chi connectivity index (χ3n) is 7.43. The molecule has 2 atom stereocenters. The Morgan fingerprint density at radius 3 is 1.70 bits per heavy atom. The maximum absolute atomic E-state index is 12.6. The Labute approximate surface area is 281 Å². The molecule has 0 amide bonds. The van der Waals surface area contributed by atoms with Crippen LogP contribution in [0.4, 0.5) is 0 Å². The van der Waals surface area contributed by atoms with Crippen molar-refractivity contribution in [1.29, 1.82) is 0 Å². The van der Waals surface area contributed by atoms with Crippen molar-refractivity contribution < 1.29 is 42.1 Å². The maximum Gasteiger partial charge on any atom is 0.472 e. The number of carbonyl (C=O) groups is 2. The molecule has 0 aliphatic rings. The predicted octanol–water partition coefficient (Wildman–Crippen LogP) is 9.24. The molecular formula is C36H69NO8P+. The highest BCUT2D eigenvalue weighted by Gasteiger charge is 2.27. The maximum atomic E-state index is 12.6. The molecule has 0 radical (unpaired) electrons. The summed E-state index contributed by atoms with van der Waals surface area (Å²) in [4.78, 5) is 35.0. The second kappa shape index (κ2) is 29.6. The molecule has 10 heteroatoms. The first kappa shape index (κ1) is 44.5. The molecule has 1 N–H and O–H groups in total. The van der Waals surface area contributed by atoms with E-state index in [1.54, 1.807) is 0 Å². The Morgan fingerprint density at radius 1 is 0.652 bits per heavy atom. The molecule has 0 aliphatic heterocycles. The lowest BCUT2D eigenvalue weighted by Crippen LogP contribution is -2.37. The van der Waals surface area contributed by atoms with E-state index in [2.05, 4.69) is 38.2 Å². The van der Waals surface area contributed by atoms with Gasteiger partial charge < -0.3 is 18.9 Å². The topological polar surface area (TPSA) is 108 Å². The molecule has 0 fully saturated rings. The fourth-order valence-corrected chi connectivity index (χ4v) is 5.28. The third-order valence-corrected chi connectivity index (χ3v) is 8.42. The van der Waals surface area contributed by atoms with E-state index in [1.807, 2.05) is 21.1 Å². The van der Waals surface area contributed by atoms with Crippen LogP contribution in [0.2, 0.25) is 0 Å². The molecule has 0 saturated heterocycles. The average Bonchev–Trinajstić information content (AvgIpc) is 2.99. The zero-order valence-electron chi connectivity index (χ0n) is 30.1. The zero-order valence-corrected chi connectivity index (χ0v) is 31.0. The summed E-state index contributed by atoms with van der Waals surface area (Å²) in [5.41, 5.74) is 0. The SMILES string of the molecule is CCC/C=C\CCCCCCCC(=O)OCC(COP(=O)(O)OCC[N+](C)(C)C)OC(=O)CCCCCCC/C=C\CCCCC. The van der Waals surface area contributed by atoms with Crippen LogP contribution in [0.25, 0.3) is 0 Å². The van der Waals surface area contributed by atoms with Gasteiger partial charge in [-0.1, -0.05) is 95.9 Å². The van der Waals surface area contributed by atoms with Gasteiger partial charge in [0.2, 0.25) is 0 Å². The molecule has 0 heterocycles. The smallest absolute Gasteiger partial charge is 0.462 e. The van der Waals surface area contributed by atoms with Gasteiger partial charge in [-0.2, -0.15) is 0 Å². The molecular weight excluding hydrogens is 605 g/mol. The number of likely N-dealkylation sites (N-methyl/N-ethyl adjacent to an activating group) is 1. The van der Waals surface area contributed by atoms with Crippen molar-refractivity contribution >= 4 is 19.8 Å². The van der Waals surface area contributed by atoms with Gasteiger partial charge >= 0.3 is 19.8 Å². The summed E-state index contributed by atoms with van der Waals surface area (Å²) in [6, 6.07) is 0. The van der Waals surface area contributed by atoms with Crippen LogP contribution in [0, 0.1) is 0 Å². The van der Waals surface area contributed by atoms with E-state index in [-0.39, 0.29) is 32.0 Å². The first-order chi connectivity index (χ1) is 22.0. The van der Waals surface area contributed by atoms with Gasteiger partial charge in [0.1, 0.15) is 19.8 Å². The molecule has 0 aromatic rings. The number of ether oxygens (including phenoxy) is 2. The van der Waals surface area contributed by atoms with Gasteiger partial charge in [0.25, 0.3) is 0 Å². The number of nitrogens with zero attached hydrogens (tertiary/aromatic N) is 1. The lowest BCUT2D eigenvalue weighted by molar-refractivity contribution is -0.870. The van der Waals surface area contributed by atoms with Gasteiger partial charge in [-0.3, -0.25) is 18.6 Å². The van der Waals surface area contributed by atoms with Crippen LogP contribution >= 0.6 is 7.82 Å². The Balaban J connectivity index is 4.50. The van der Waals surface area contributed by atoms with Gasteiger partial charge in [0, 0.05) is 12.8 Å². The number of rotatable bonds is 32. The second-order valence-electron chi connectivity index (χ2n) is 13.2. The monoisotopic (exact) mass is 674 g/mol. The predicted molar refractivity (Wildman–Crippen MR) is 187 cm³/mol. The van der Waals surface area contributed by atoms with Crippen LogP contribution in [0.15, 0.2) is 24.3 Å². The summed E-state index contributed by atoms with van der Waals surface area (Å²) < 4.78 is 34.0. The molecule has 2 unspecified atom stereocenters. The minimum absolute atomic E-state index is 0.0293. The van der Waals surface area contributed by atoms with Crippen LogP contribution < -0.4 is 0 Å². The minimum Gasteiger partial charge on any atom is -0.462 e. The van der Waals surface area contributed by atoms with Crippen molar-refractivity contribution in [3.05, 3.63) is 24.3 Å². The molecule has 270 valence electrons. The van der Waals surface area contributed by atoms with Crippen molar-refractivity contribution in [2.45, 2.75) is 148 Å². The number of esters is 2. The quantitative estimate of drug-likeness (QED) is 0.0247. The third kappa shape index (κ3) is 32.4. The van der Waals surface area contributed by atoms with Crippen LogP contribution in [0.5, 0.6) is 0 Å². The van der Waals surface area contributed by atoms with E-state index in [4.69, 9.17) is 18.5 Å². The average molecular weight is 675 g/mol. The van der Waals surface area contributed by atoms with E-state index in [0.29, 0.717) is 17.4 Å². The summed E-state index contributed by atoms with van der Waals surface area (Å²) in [7, 11) is 1.46. The van der Waals surface area contributed by atoms with Crippen LogP contribution in [-0.2, 0) is 32.7 Å². The van der Waals surface area contributed by atoms with E-state index in [1.165, 1.54) is 25.7 Å². The van der Waals surface area contributed by atoms with Crippen molar-refractivity contribution in [2.75, 3.05) is 47.5 Å². The van der Waals surface area contributed by atoms with Crippen LogP contribution in [0.3, 0.4) is 0 Å². The first-order valence-corrected chi connectivity index (χ1v) is 19.6. The number of carbonyl (C=O) groups excluding carboxylic acids is 2. The van der Waals surface area contributed by atoms with Gasteiger partial charge in [-0.15, -0.1) is 0 Å². The Morgan fingerprint density at radius 2 is 1.15 bits per heavy atom. The van der Waals surface area contributed by atoms with Gasteiger partial charge in [-0.05, 0) is 57.8 Å². The minimum atomic E-state index is -4.36. The normalized spacial score (nSPS) is 14.1. The number of hydrogen-bond donors (Lipinski definition) is 1. The molecule has 0 saturated carbocycles. The number of phosphoric ester groups is 1. The fourth-order valence-electron chi connectivity index (χ4n) is 4.54. The highest BCUT2D eigenvalue weighted by Crippen LogP contribution is 2.43. The molecule has 0 spiro atoms. The molecule has 0 aliphatic carbocycles. The summed E-state index contributed by atoms with van der Waals surface area (Å²) >= 11 is 0. The number of allylic oxidation sites excluding steroid dienone is 4. The van der Waals surface area contributed by atoms with E-state index >= 15 is 0 Å². The summed E-state index contributed by atoms with van der Waals surface area (Å²) in [5.74, 6) is -0.825. The standard InChI is InChI=1S/C36H68NO8P/c1-6-8-10-12-14-16-18-19-21-23-25-27-29-36(39)45-34(33-44-46(40,41)43-31-30-37(3,4)5)32-42-35(38)28-26-24-22-20-17-15-13-11-9-7-2/h11,13-14,16,34H,6-10,12,15,17-33H2,1-5H3/p+1/b13-11-,16-14-. The van der Waals surface area contributed by atoms with E-state index < -0.39 is 26.5 Å². The van der Waals surface area contributed by atoms with Crippen molar-refractivity contribution in [3.8, 4) is 0 Å². The number of quaternary nitrogens is 1. The fraction of sp³-hybridized carbons (Fsp3) is 0.833. The lowest BCUT2D eigenvalue weighted by Gasteiger charge is -2.24. The Bertz CT molecular complexity index is 855. The van der Waals surface area contributed by atoms with Crippen molar-refractivity contribution in [2.24, 2.45) is 0 Å². The lowest BCUT2D eigenvalue weighted by atomic mass is 10.1. The summed E-state index contributed by atoms with van der Waals surface area (Å²) in [6.45, 7) is 4.29. The highest BCUT2D eigenvalue weighted by atomic mass is 31.2. The molecule has 46 heavy (non-hydrogen) atoms. The Hall–Kier alpha value is -1.51. The largest absolute Gasteiger partial charge is 0.472 e. The molecule has 0 aromatic heterocycles. The first-order valence-electron chi connectivity index (χ1n) is 18.1. The highest BCUT2D eigenvalue weighted by molar-refractivity contribution is 7.47. The van der Waals surface area contributed by atoms with Crippen LogP contribution in [-0.4, -0.2) is 74.9 Å². The van der Waals surface area contributed by atoms with Crippen molar-refractivity contribution in [1.82, 2.24) is 0 Å². The molecule has 0 bridgehead atoms. The molecule has 0 aromatic carbocycles.